The van der Waals surface area contributed by atoms with Crippen molar-refractivity contribution in [3.05, 3.63) is 71.7 Å². The van der Waals surface area contributed by atoms with Crippen LogP contribution in [-0.2, 0) is 6.18 Å². The van der Waals surface area contributed by atoms with E-state index < -0.39 is 17.6 Å². The average molecular weight is 417 g/mol. The van der Waals surface area contributed by atoms with Crippen LogP contribution >= 0.6 is 0 Å². The lowest BCUT2D eigenvalue weighted by Gasteiger charge is -2.08. The van der Waals surface area contributed by atoms with Crippen LogP contribution in [0.3, 0.4) is 0 Å². The molecule has 9 heteroatoms. The van der Waals surface area contributed by atoms with Crippen molar-refractivity contribution in [2.75, 3.05) is 13.2 Å². The molecule has 0 aliphatic carbocycles. The molecule has 0 spiro atoms. The summed E-state index contributed by atoms with van der Waals surface area (Å²) in [6.45, 7) is -0.119. The Balaban J connectivity index is 1.47. The second-order valence-electron chi connectivity index (χ2n) is 6.02. The fraction of sp³-hybridized carbons (Fsp3) is 0.143. The van der Waals surface area contributed by atoms with Crippen molar-refractivity contribution >= 4 is 5.91 Å². The van der Waals surface area contributed by atoms with E-state index >= 15 is 0 Å². The summed E-state index contributed by atoms with van der Waals surface area (Å²) in [6, 6.07) is 11.7. The normalized spacial score (nSPS) is 10.8. The number of halogens is 4. The predicted octanol–water partition coefficient (Wildman–Crippen LogP) is 4.05. The fourth-order valence-electron chi connectivity index (χ4n) is 2.42. The van der Waals surface area contributed by atoms with Gasteiger partial charge in [-0.2, -0.15) is 18.3 Å². The van der Waals surface area contributed by atoms with Gasteiger partial charge in [-0.15, -0.1) is 0 Å². The van der Waals surface area contributed by atoms with Gasteiger partial charge in [0.25, 0.3) is 5.91 Å². The van der Waals surface area contributed by atoms with Crippen molar-refractivity contribution in [2.45, 2.75) is 6.18 Å². The molecule has 2 N–H and O–H groups in total. The van der Waals surface area contributed by atoms with Crippen LogP contribution in [0.4, 0.5) is 17.6 Å². The molecule has 0 radical (unpaired) electrons. The first-order valence-corrected chi connectivity index (χ1v) is 8.68. The van der Waals surface area contributed by atoms with Crippen LogP contribution in [-0.4, -0.2) is 29.3 Å². The van der Waals surface area contributed by atoms with Crippen LogP contribution in [0.5, 0.6) is 5.75 Å². The van der Waals surface area contributed by atoms with Crippen LogP contribution in [0.1, 0.15) is 16.1 Å². The Bertz CT molecular complexity index is 1080. The number of carbonyl (C=O) groups is 1. The molecule has 3 rings (SSSR count). The molecule has 0 fully saturated rings. The molecule has 0 atom stereocenters. The fourth-order valence-corrected chi connectivity index (χ4v) is 2.42. The number of aromatic amines is 1. The van der Waals surface area contributed by atoms with E-state index in [0.717, 1.165) is 12.1 Å². The van der Waals surface area contributed by atoms with E-state index in [-0.39, 0.29) is 30.4 Å². The Kier molecular flexibility index (Phi) is 6.37. The van der Waals surface area contributed by atoms with E-state index in [1.54, 1.807) is 12.1 Å². The standard InChI is InChI=1S/C21H15F4N3O2/c22-16-8-6-14(7-9-16)18-13-19(28-27-18)20(29)26-10-1-2-11-30-17-5-3-4-15(12-17)21(23,24)25/h3-9,12-13H,10-11H2,(H,26,29)(H,27,28). The highest BCUT2D eigenvalue weighted by Crippen LogP contribution is 2.31. The van der Waals surface area contributed by atoms with Crippen molar-refractivity contribution in [1.29, 1.82) is 0 Å². The summed E-state index contributed by atoms with van der Waals surface area (Å²) in [7, 11) is 0. The number of nitrogens with zero attached hydrogens (tertiary/aromatic N) is 1. The summed E-state index contributed by atoms with van der Waals surface area (Å²) in [4.78, 5) is 12.1. The van der Waals surface area contributed by atoms with Gasteiger partial charge in [0, 0.05) is 5.56 Å². The highest BCUT2D eigenvalue weighted by atomic mass is 19.4. The molecular weight excluding hydrogens is 402 g/mol. The maximum Gasteiger partial charge on any atom is 0.416 e. The van der Waals surface area contributed by atoms with Gasteiger partial charge in [0.05, 0.1) is 17.8 Å². The minimum Gasteiger partial charge on any atom is -0.481 e. The maximum absolute atomic E-state index is 13.0. The average Bonchev–Trinajstić information content (AvgIpc) is 3.21. The van der Waals surface area contributed by atoms with Crippen molar-refractivity contribution in [1.82, 2.24) is 15.5 Å². The molecule has 5 nitrogen and oxygen atoms in total. The zero-order valence-electron chi connectivity index (χ0n) is 15.4. The van der Waals surface area contributed by atoms with Crippen molar-refractivity contribution in [3.8, 4) is 28.8 Å². The first kappa shape index (κ1) is 20.9. The molecule has 2 aromatic carbocycles. The van der Waals surface area contributed by atoms with Gasteiger partial charge < -0.3 is 10.1 Å². The van der Waals surface area contributed by atoms with E-state index in [2.05, 4.69) is 27.4 Å². The molecule has 0 unspecified atom stereocenters. The molecule has 1 heterocycles. The van der Waals surface area contributed by atoms with Gasteiger partial charge in [0.1, 0.15) is 23.9 Å². The molecule has 0 aliphatic heterocycles. The van der Waals surface area contributed by atoms with E-state index in [9.17, 15) is 22.4 Å². The van der Waals surface area contributed by atoms with Crippen molar-refractivity contribution in [2.24, 2.45) is 0 Å². The minimum absolute atomic E-state index is 0.00961. The highest BCUT2D eigenvalue weighted by Gasteiger charge is 2.30. The number of hydrogen-bond donors (Lipinski definition) is 2. The molecule has 1 aromatic heterocycles. The molecule has 0 saturated carbocycles. The first-order valence-electron chi connectivity index (χ1n) is 8.68. The molecule has 0 bridgehead atoms. The van der Waals surface area contributed by atoms with Gasteiger partial charge in [-0.05, 0) is 48.5 Å². The van der Waals surface area contributed by atoms with Gasteiger partial charge >= 0.3 is 6.18 Å². The summed E-state index contributed by atoms with van der Waals surface area (Å²) in [6.07, 6.45) is -4.45. The van der Waals surface area contributed by atoms with Gasteiger partial charge in [0.2, 0.25) is 0 Å². The van der Waals surface area contributed by atoms with Gasteiger partial charge in [0.15, 0.2) is 0 Å². The third kappa shape index (κ3) is 5.61. The second kappa shape index (κ2) is 9.13. The van der Waals surface area contributed by atoms with E-state index in [4.69, 9.17) is 4.74 Å². The van der Waals surface area contributed by atoms with Crippen molar-refractivity contribution in [3.63, 3.8) is 0 Å². The number of nitrogens with one attached hydrogen (secondary N) is 2. The molecule has 0 saturated heterocycles. The van der Waals surface area contributed by atoms with Crippen LogP contribution < -0.4 is 10.1 Å². The number of amides is 1. The van der Waals surface area contributed by atoms with Crippen LogP contribution in [0, 0.1) is 17.7 Å². The van der Waals surface area contributed by atoms with Gasteiger partial charge in [-0.3, -0.25) is 9.89 Å². The molecule has 3 aromatic rings. The summed E-state index contributed by atoms with van der Waals surface area (Å²) in [5, 5.41) is 9.15. The number of aromatic nitrogens is 2. The third-order valence-corrected chi connectivity index (χ3v) is 3.90. The Morgan fingerprint density at radius 3 is 2.60 bits per heavy atom. The lowest BCUT2D eigenvalue weighted by Crippen LogP contribution is -2.24. The molecule has 30 heavy (non-hydrogen) atoms. The van der Waals surface area contributed by atoms with Crippen LogP contribution in [0.15, 0.2) is 54.6 Å². The number of benzene rings is 2. The second-order valence-corrected chi connectivity index (χ2v) is 6.02. The highest BCUT2D eigenvalue weighted by molar-refractivity contribution is 5.93. The lowest BCUT2D eigenvalue weighted by molar-refractivity contribution is -0.137. The summed E-state index contributed by atoms with van der Waals surface area (Å²) < 4.78 is 56.1. The monoisotopic (exact) mass is 417 g/mol. The van der Waals surface area contributed by atoms with Gasteiger partial charge in [-0.25, -0.2) is 4.39 Å². The largest absolute Gasteiger partial charge is 0.481 e. The van der Waals surface area contributed by atoms with Crippen LogP contribution in [0.25, 0.3) is 11.3 Å². The summed E-state index contributed by atoms with van der Waals surface area (Å²) >= 11 is 0. The van der Waals surface area contributed by atoms with E-state index in [0.29, 0.717) is 11.3 Å². The Labute approximate surface area is 169 Å². The number of rotatable bonds is 5. The Hall–Kier alpha value is -3.80. The van der Waals surface area contributed by atoms with Gasteiger partial charge in [-0.1, -0.05) is 17.9 Å². The topological polar surface area (TPSA) is 67.0 Å². The molecular formula is C21H15F4N3O2. The summed E-state index contributed by atoms with van der Waals surface area (Å²) in [5.74, 6) is 4.48. The molecule has 1 amide bonds. The Morgan fingerprint density at radius 2 is 1.87 bits per heavy atom. The smallest absolute Gasteiger partial charge is 0.416 e. The number of ether oxygens (including phenoxy) is 1. The maximum atomic E-state index is 13.0. The zero-order valence-corrected chi connectivity index (χ0v) is 15.4. The number of carbonyl (C=O) groups excluding carboxylic acids is 1. The number of hydrogen-bond acceptors (Lipinski definition) is 3. The zero-order chi connectivity index (χ0) is 21.6. The number of H-pyrrole nitrogens is 1. The van der Waals surface area contributed by atoms with Crippen LogP contribution in [0.2, 0.25) is 0 Å². The van der Waals surface area contributed by atoms with E-state index in [1.165, 1.54) is 30.3 Å². The van der Waals surface area contributed by atoms with Crippen molar-refractivity contribution < 1.29 is 27.1 Å². The molecule has 154 valence electrons. The first-order chi connectivity index (χ1) is 14.3. The summed E-state index contributed by atoms with van der Waals surface area (Å²) in [5.41, 5.74) is 0.537. The predicted molar refractivity (Wildman–Crippen MR) is 101 cm³/mol. The Morgan fingerprint density at radius 1 is 1.10 bits per heavy atom. The SMILES string of the molecule is O=C(NCC#CCOc1cccc(C(F)(F)F)c1)c1cc(-c2ccc(F)cc2)n[nH]1. The van der Waals surface area contributed by atoms with E-state index in [1.807, 2.05) is 0 Å². The third-order valence-electron chi connectivity index (χ3n) is 3.90. The molecule has 0 aliphatic rings. The lowest BCUT2D eigenvalue weighted by atomic mass is 10.1. The quantitative estimate of drug-likeness (QED) is 0.486. The number of alkyl halides is 3. The minimum atomic E-state index is -4.45.